The molecule has 0 aliphatic heterocycles. The van der Waals surface area contributed by atoms with Gasteiger partial charge in [-0.1, -0.05) is 0 Å². The summed E-state index contributed by atoms with van der Waals surface area (Å²) in [4.78, 5) is 18.1. The minimum atomic E-state index is -1.43. The van der Waals surface area contributed by atoms with E-state index in [-0.39, 0.29) is 51.4 Å². The smallest absolute Gasteiger partial charge is 0.592 e. The Labute approximate surface area is 92.5 Å². The fourth-order valence-electron chi connectivity index (χ4n) is 0. The fraction of sp³-hybridized carbons (Fsp3) is 0. The van der Waals surface area contributed by atoms with Gasteiger partial charge in [-0.15, -0.1) is 0 Å². The van der Waals surface area contributed by atoms with Crippen LogP contribution in [0, 0.1) is 0 Å². The van der Waals surface area contributed by atoms with Gasteiger partial charge in [-0.3, -0.25) is 0 Å². The molecule has 0 saturated carbocycles. The number of rotatable bonds is 0. The third-order valence-electron chi connectivity index (χ3n) is 0.333. The normalized spacial score (nSPS) is 6.00. The molecular weight excluding hydrogens is 270 g/mol. The van der Waals surface area contributed by atoms with E-state index in [2.05, 4.69) is 8.85 Å². The molecule has 0 atom stereocenters. The second kappa shape index (κ2) is 17.1. The molecule has 6 nitrogen and oxygen atoms in total. The number of carbonyl (C=O) groups excluding carboxylic acids is 2. The first-order valence-electron chi connectivity index (χ1n) is 2.04. The molecule has 0 saturated heterocycles. The molecule has 0 aromatic heterocycles. The van der Waals surface area contributed by atoms with Gasteiger partial charge in [0.1, 0.15) is 21.0 Å². The van der Waals surface area contributed by atoms with E-state index in [4.69, 9.17) is 19.8 Å². The molecule has 0 unspecified atom stereocenters. The third-order valence-corrected chi connectivity index (χ3v) is 1.00. The van der Waals surface area contributed by atoms with Crippen molar-refractivity contribution in [2.75, 3.05) is 0 Å². The molecule has 0 aliphatic rings. The van der Waals surface area contributed by atoms with Crippen molar-refractivity contribution in [1.29, 1.82) is 0 Å². The summed E-state index contributed by atoms with van der Waals surface area (Å²) in [5.74, 6) is 0. The van der Waals surface area contributed by atoms with Crippen LogP contribution in [0.2, 0.25) is 0 Å². The standard InChI is InChI=1S/2CH4O3Si.Si.Zn/c2*2-1(3)4-5;;/h2*5H3,(H,2,3);;/q;;;+2/p-2. The number of hydrogen-bond donors (Lipinski definition) is 0. The summed E-state index contributed by atoms with van der Waals surface area (Å²) >= 11 is 0. The minimum absolute atomic E-state index is 0. The Kier molecular flexibility index (Phi) is 32.2. The molecule has 10 heteroatoms. The summed E-state index contributed by atoms with van der Waals surface area (Å²) in [7, 11) is 0.423. The molecule has 0 aromatic rings. The molecule has 4 radical (unpaired) electrons. The van der Waals surface area contributed by atoms with Crippen molar-refractivity contribution in [1.82, 2.24) is 0 Å². The molecule has 0 heterocycles. The molecular formula is C2H6O6Si3Zn. The summed E-state index contributed by atoms with van der Waals surface area (Å²) in [6.07, 6.45) is -2.87. The number of hydrogen-bond acceptors (Lipinski definition) is 6. The molecule has 0 amide bonds. The predicted molar refractivity (Wildman–Crippen MR) is 38.6 cm³/mol. The van der Waals surface area contributed by atoms with Crippen molar-refractivity contribution < 1.29 is 48.1 Å². The van der Waals surface area contributed by atoms with Gasteiger partial charge in [0.05, 0.1) is 0 Å². The summed E-state index contributed by atoms with van der Waals surface area (Å²) in [5.41, 5.74) is 0. The average molecular weight is 276 g/mol. The van der Waals surface area contributed by atoms with E-state index in [1.54, 1.807) is 0 Å². The van der Waals surface area contributed by atoms with Crippen LogP contribution in [0.15, 0.2) is 0 Å². The molecule has 0 N–H and O–H groups in total. The average Bonchev–Trinajstić information content (AvgIpc) is 1.89. The molecule has 12 heavy (non-hydrogen) atoms. The van der Waals surface area contributed by atoms with Gasteiger partial charge in [-0.05, 0) is 0 Å². The van der Waals surface area contributed by atoms with Crippen LogP contribution in [0.5, 0.6) is 0 Å². The number of carbonyl (C=O) groups is 2. The van der Waals surface area contributed by atoms with Crippen LogP contribution in [-0.2, 0) is 28.3 Å². The first-order valence-corrected chi connectivity index (χ1v) is 3.67. The van der Waals surface area contributed by atoms with Gasteiger partial charge in [-0.2, -0.15) is 0 Å². The first-order chi connectivity index (χ1) is 4.54. The maximum Gasteiger partial charge on any atom is 2.00 e. The fourth-order valence-corrected chi connectivity index (χ4v) is 0. The van der Waals surface area contributed by atoms with Gasteiger partial charge in [0.15, 0.2) is 0 Å². The van der Waals surface area contributed by atoms with Crippen molar-refractivity contribution >= 4 is 44.2 Å². The maximum atomic E-state index is 9.07. The largest absolute Gasteiger partial charge is 2.00 e. The van der Waals surface area contributed by atoms with E-state index in [0.717, 1.165) is 0 Å². The molecule has 64 valence electrons. The van der Waals surface area contributed by atoms with E-state index < -0.39 is 12.3 Å². The van der Waals surface area contributed by atoms with Crippen LogP contribution >= 0.6 is 0 Å². The quantitative estimate of drug-likeness (QED) is 0.410. The minimum Gasteiger partial charge on any atom is -0.592 e. The van der Waals surface area contributed by atoms with Gasteiger partial charge in [0, 0.05) is 11.0 Å². The third kappa shape index (κ3) is 52.4. The SMILES string of the molecule is O=C([O-])O[SiH3].O=C([O-])O[SiH3].[Si].[Zn+2]. The summed E-state index contributed by atoms with van der Waals surface area (Å²) in [6, 6.07) is 0. The summed E-state index contributed by atoms with van der Waals surface area (Å²) < 4.78 is 7.39. The van der Waals surface area contributed by atoms with Crippen LogP contribution in [0.25, 0.3) is 0 Å². The predicted octanol–water partition coefficient (Wildman–Crippen LogP) is -5.13. The molecule has 0 rings (SSSR count). The topological polar surface area (TPSA) is 98.7 Å². The monoisotopic (exact) mass is 274 g/mol. The Morgan fingerprint density at radius 3 is 1.08 bits per heavy atom. The Balaban J connectivity index is -0.0000000457. The first kappa shape index (κ1) is 22.6. The molecule has 0 spiro atoms. The van der Waals surface area contributed by atoms with E-state index in [9.17, 15) is 0 Å². The molecule has 0 bridgehead atoms. The van der Waals surface area contributed by atoms with Gasteiger partial charge >= 0.3 is 19.5 Å². The second-order valence-corrected chi connectivity index (χ2v) is 1.72. The Hall–Kier alpha value is -0.186. The van der Waals surface area contributed by atoms with E-state index >= 15 is 0 Å². The van der Waals surface area contributed by atoms with E-state index in [1.807, 2.05) is 0 Å². The van der Waals surface area contributed by atoms with Crippen molar-refractivity contribution in [3.05, 3.63) is 0 Å². The summed E-state index contributed by atoms with van der Waals surface area (Å²) in [5, 5.41) is 18.1. The van der Waals surface area contributed by atoms with E-state index in [0.29, 0.717) is 0 Å². The van der Waals surface area contributed by atoms with Gasteiger partial charge in [0.2, 0.25) is 12.3 Å². The van der Waals surface area contributed by atoms with Crippen LogP contribution < -0.4 is 10.2 Å². The molecule has 0 aromatic carbocycles. The van der Waals surface area contributed by atoms with Crippen LogP contribution in [0.3, 0.4) is 0 Å². The molecule has 0 aliphatic carbocycles. The van der Waals surface area contributed by atoms with E-state index in [1.165, 1.54) is 0 Å². The zero-order valence-corrected chi connectivity index (χ0v) is 14.6. The van der Waals surface area contributed by atoms with Gasteiger partial charge in [-0.25, -0.2) is 0 Å². The molecule has 0 fully saturated rings. The van der Waals surface area contributed by atoms with Crippen LogP contribution in [-0.4, -0.2) is 44.2 Å². The van der Waals surface area contributed by atoms with Gasteiger partial charge < -0.3 is 28.7 Å². The number of carboxylic acid groups (broad SMARTS) is 2. The van der Waals surface area contributed by atoms with Crippen molar-refractivity contribution in [3.63, 3.8) is 0 Å². The van der Waals surface area contributed by atoms with Crippen LogP contribution in [0.1, 0.15) is 0 Å². The van der Waals surface area contributed by atoms with Crippen LogP contribution in [0.4, 0.5) is 9.59 Å². The Morgan fingerprint density at radius 1 is 1.00 bits per heavy atom. The van der Waals surface area contributed by atoms with Crippen molar-refractivity contribution in [2.24, 2.45) is 0 Å². The second-order valence-electron chi connectivity index (χ2n) is 0.908. The summed E-state index contributed by atoms with van der Waals surface area (Å²) in [6.45, 7) is 0. The Bertz CT molecular complexity index is 105. The Morgan fingerprint density at radius 2 is 1.08 bits per heavy atom. The van der Waals surface area contributed by atoms with Crippen molar-refractivity contribution in [2.45, 2.75) is 0 Å². The van der Waals surface area contributed by atoms with Gasteiger partial charge in [0.25, 0.3) is 0 Å². The maximum absolute atomic E-state index is 9.07. The van der Waals surface area contributed by atoms with Crippen molar-refractivity contribution in [3.8, 4) is 0 Å². The zero-order chi connectivity index (χ0) is 8.57. The zero-order valence-electron chi connectivity index (χ0n) is 6.66.